The second kappa shape index (κ2) is 13.4. The zero-order valence-corrected chi connectivity index (χ0v) is 25.5. The number of aliphatic hydroxyl groups is 1. The Hall–Kier alpha value is -4.51. The van der Waals surface area contributed by atoms with Crippen molar-refractivity contribution >= 4 is 28.5 Å². The molecule has 2 aromatic heterocycles. The molecule has 0 radical (unpaired) electrons. The second-order valence-corrected chi connectivity index (χ2v) is 11.9. The van der Waals surface area contributed by atoms with E-state index in [1.807, 2.05) is 70.2 Å². The minimum absolute atomic E-state index is 0.0247. The first kappa shape index (κ1) is 30.9. The summed E-state index contributed by atoms with van der Waals surface area (Å²) in [5.41, 5.74) is 2.44. The van der Waals surface area contributed by atoms with Crippen LogP contribution in [0.1, 0.15) is 39.2 Å². The lowest BCUT2D eigenvalue weighted by atomic mass is 10.0. The minimum Gasteiger partial charge on any atom is -0.444 e. The molecule has 3 N–H and O–H groups in total. The van der Waals surface area contributed by atoms with E-state index in [0.717, 1.165) is 34.9 Å². The van der Waals surface area contributed by atoms with Crippen LogP contribution in [0, 0.1) is 6.92 Å². The SMILES string of the molecule is Cc1ccc2c(NC[C@H](O)CF)cccc2c1Oc1ncccc1-c1ccnc(N[C@H]2CCCN(C(=O)OC(C)(C)C)C2)n1. The molecule has 1 amide bonds. The summed E-state index contributed by atoms with van der Waals surface area (Å²) in [6.07, 6.45) is 3.66. The quantitative estimate of drug-likeness (QED) is 0.201. The van der Waals surface area contributed by atoms with Gasteiger partial charge in [0.25, 0.3) is 0 Å². The lowest BCUT2D eigenvalue weighted by Gasteiger charge is -2.34. The number of aromatic nitrogens is 3. The maximum Gasteiger partial charge on any atom is 0.410 e. The van der Waals surface area contributed by atoms with Crippen molar-refractivity contribution in [3.05, 3.63) is 66.5 Å². The zero-order chi connectivity index (χ0) is 31.3. The molecule has 2 atom stereocenters. The molecule has 3 heterocycles. The highest BCUT2D eigenvalue weighted by molar-refractivity contribution is 5.98. The van der Waals surface area contributed by atoms with Crippen molar-refractivity contribution in [2.75, 3.05) is 36.9 Å². The average Bonchev–Trinajstić information content (AvgIpc) is 3.01. The number of aliphatic hydroxyl groups excluding tert-OH is 1. The Balaban J connectivity index is 1.37. The highest BCUT2D eigenvalue weighted by Crippen LogP contribution is 2.38. The average molecular weight is 603 g/mol. The van der Waals surface area contributed by atoms with Crippen molar-refractivity contribution in [2.45, 2.75) is 58.3 Å². The lowest BCUT2D eigenvalue weighted by Crippen LogP contribution is -2.47. The fraction of sp³-hybridized carbons (Fsp3) is 0.394. The summed E-state index contributed by atoms with van der Waals surface area (Å²) in [6.45, 7) is 7.95. The number of carbonyl (C=O) groups excluding carboxylic acids is 1. The number of likely N-dealkylation sites (tertiary alicyclic amines) is 1. The zero-order valence-electron chi connectivity index (χ0n) is 25.5. The number of benzene rings is 2. The van der Waals surface area contributed by atoms with E-state index < -0.39 is 18.4 Å². The molecule has 1 saturated heterocycles. The standard InChI is InChI=1S/C33H39FN6O4/c1-21-12-13-24-25(9-5-11-27(24)37-19-23(41)18-34)29(21)43-30-26(10-6-15-35-30)28-14-16-36-31(39-28)38-22-8-7-17-40(20-22)32(42)44-33(2,3)4/h5-6,9-16,22-23,37,41H,7-8,17-20H2,1-4H3,(H,36,38,39)/t22-,23+/m0/s1. The molecular formula is C33H39FN6O4. The monoisotopic (exact) mass is 602 g/mol. The van der Waals surface area contributed by atoms with Crippen LogP contribution >= 0.6 is 0 Å². The number of nitrogens with one attached hydrogen (secondary N) is 2. The van der Waals surface area contributed by atoms with E-state index in [4.69, 9.17) is 14.5 Å². The van der Waals surface area contributed by atoms with Crippen LogP contribution in [0.15, 0.2) is 60.9 Å². The molecule has 1 aliphatic rings. The predicted molar refractivity (Wildman–Crippen MR) is 169 cm³/mol. The van der Waals surface area contributed by atoms with Crippen molar-refractivity contribution in [2.24, 2.45) is 0 Å². The van der Waals surface area contributed by atoms with Crippen molar-refractivity contribution in [1.29, 1.82) is 0 Å². The van der Waals surface area contributed by atoms with Gasteiger partial charge >= 0.3 is 6.09 Å². The Labute approximate surface area is 256 Å². The summed E-state index contributed by atoms with van der Waals surface area (Å²) in [4.78, 5) is 28.1. The smallest absolute Gasteiger partial charge is 0.410 e. The largest absolute Gasteiger partial charge is 0.444 e. The number of anilines is 2. The molecule has 4 aromatic rings. The summed E-state index contributed by atoms with van der Waals surface area (Å²) in [7, 11) is 0. The van der Waals surface area contributed by atoms with Crippen LogP contribution in [-0.4, -0.2) is 75.1 Å². The number of piperidine rings is 1. The van der Waals surface area contributed by atoms with Crippen LogP contribution in [0.25, 0.3) is 22.0 Å². The van der Waals surface area contributed by atoms with Crippen LogP contribution < -0.4 is 15.4 Å². The van der Waals surface area contributed by atoms with E-state index in [1.54, 1.807) is 23.4 Å². The van der Waals surface area contributed by atoms with Gasteiger partial charge in [-0.15, -0.1) is 0 Å². The van der Waals surface area contributed by atoms with Gasteiger partial charge in [-0.25, -0.2) is 24.1 Å². The number of rotatable bonds is 9. The van der Waals surface area contributed by atoms with Gasteiger partial charge in [0.1, 0.15) is 18.0 Å². The number of amides is 1. The first-order valence-electron chi connectivity index (χ1n) is 14.8. The van der Waals surface area contributed by atoms with Gasteiger partial charge in [0.05, 0.1) is 17.4 Å². The van der Waals surface area contributed by atoms with Crippen LogP contribution in [0.4, 0.5) is 20.8 Å². The first-order valence-corrected chi connectivity index (χ1v) is 14.8. The van der Waals surface area contributed by atoms with Crippen LogP contribution in [-0.2, 0) is 4.74 Å². The number of hydrogen-bond acceptors (Lipinski definition) is 9. The number of alkyl halides is 1. The summed E-state index contributed by atoms with van der Waals surface area (Å²) >= 11 is 0. The van der Waals surface area contributed by atoms with Gasteiger partial charge in [-0.2, -0.15) is 0 Å². The van der Waals surface area contributed by atoms with Gasteiger partial charge in [-0.3, -0.25) is 0 Å². The molecule has 232 valence electrons. The number of carbonyl (C=O) groups is 1. The fourth-order valence-corrected chi connectivity index (χ4v) is 5.12. The Kier molecular flexibility index (Phi) is 9.43. The molecule has 5 rings (SSSR count). The van der Waals surface area contributed by atoms with Gasteiger partial charge < -0.3 is 30.1 Å². The van der Waals surface area contributed by atoms with Gasteiger partial charge in [-0.1, -0.05) is 24.3 Å². The molecule has 0 saturated carbocycles. The third-order valence-corrected chi connectivity index (χ3v) is 7.22. The number of aryl methyl sites for hydroxylation is 1. The summed E-state index contributed by atoms with van der Waals surface area (Å²) in [6, 6.07) is 15.1. The van der Waals surface area contributed by atoms with Crippen LogP contribution in [0.5, 0.6) is 11.6 Å². The summed E-state index contributed by atoms with van der Waals surface area (Å²) in [5, 5.41) is 17.9. The maximum absolute atomic E-state index is 12.8. The Morgan fingerprint density at radius 1 is 1.11 bits per heavy atom. The highest BCUT2D eigenvalue weighted by atomic mass is 19.1. The maximum atomic E-state index is 12.8. The van der Waals surface area contributed by atoms with Crippen LogP contribution in [0.3, 0.4) is 0 Å². The van der Waals surface area contributed by atoms with E-state index >= 15 is 0 Å². The Morgan fingerprint density at radius 3 is 2.75 bits per heavy atom. The Morgan fingerprint density at radius 2 is 1.95 bits per heavy atom. The van der Waals surface area contributed by atoms with E-state index in [2.05, 4.69) is 20.6 Å². The van der Waals surface area contributed by atoms with E-state index in [0.29, 0.717) is 41.9 Å². The van der Waals surface area contributed by atoms with Crippen molar-refractivity contribution in [1.82, 2.24) is 19.9 Å². The summed E-state index contributed by atoms with van der Waals surface area (Å²) < 4.78 is 24.9. The fourth-order valence-electron chi connectivity index (χ4n) is 5.12. The Bertz CT molecular complexity index is 1610. The van der Waals surface area contributed by atoms with E-state index in [1.165, 1.54) is 0 Å². The van der Waals surface area contributed by atoms with Crippen LogP contribution in [0.2, 0.25) is 0 Å². The topological polar surface area (TPSA) is 122 Å². The number of halogens is 1. The molecule has 1 aliphatic heterocycles. The number of pyridine rings is 1. The first-order chi connectivity index (χ1) is 21.1. The molecule has 44 heavy (non-hydrogen) atoms. The molecule has 2 aromatic carbocycles. The van der Waals surface area contributed by atoms with Crippen molar-refractivity contribution < 1.29 is 23.8 Å². The molecule has 0 aliphatic carbocycles. The van der Waals surface area contributed by atoms with Crippen molar-refractivity contribution in [3.8, 4) is 22.9 Å². The molecule has 0 spiro atoms. The van der Waals surface area contributed by atoms with Gasteiger partial charge in [-0.05, 0) is 70.4 Å². The van der Waals surface area contributed by atoms with Gasteiger partial charge in [0.15, 0.2) is 0 Å². The van der Waals surface area contributed by atoms with E-state index in [-0.39, 0.29) is 18.7 Å². The van der Waals surface area contributed by atoms with Gasteiger partial charge in [0.2, 0.25) is 11.8 Å². The third kappa shape index (κ3) is 7.52. The van der Waals surface area contributed by atoms with Crippen molar-refractivity contribution in [3.63, 3.8) is 0 Å². The lowest BCUT2D eigenvalue weighted by molar-refractivity contribution is 0.0206. The normalized spacial score (nSPS) is 16.0. The predicted octanol–water partition coefficient (Wildman–Crippen LogP) is 6.35. The van der Waals surface area contributed by atoms with E-state index in [9.17, 15) is 14.3 Å². The molecule has 1 fully saturated rings. The number of fused-ring (bicyclic) bond motifs is 1. The number of hydrogen-bond donors (Lipinski definition) is 3. The molecule has 0 bridgehead atoms. The minimum atomic E-state index is -1.09. The van der Waals surface area contributed by atoms with Gasteiger partial charge in [0, 0.05) is 54.5 Å². The molecule has 0 unspecified atom stereocenters. The molecule has 11 heteroatoms. The molecular weight excluding hydrogens is 563 g/mol. The second-order valence-electron chi connectivity index (χ2n) is 11.9. The summed E-state index contributed by atoms with van der Waals surface area (Å²) in [5.74, 6) is 1.46. The number of ether oxygens (including phenoxy) is 2. The third-order valence-electron chi connectivity index (χ3n) is 7.22. The highest BCUT2D eigenvalue weighted by Gasteiger charge is 2.28. The molecule has 10 nitrogen and oxygen atoms in total. The number of nitrogens with zero attached hydrogens (tertiary/aromatic N) is 4.